The molecule has 0 atom stereocenters. The van der Waals surface area contributed by atoms with Gasteiger partial charge in [0.25, 0.3) is 10.0 Å². The first-order chi connectivity index (χ1) is 10.3. The summed E-state index contributed by atoms with van der Waals surface area (Å²) < 4.78 is 24.3. The largest absolute Gasteiger partial charge is 0.276 e. The molecule has 0 aliphatic carbocycles. The molecule has 0 spiro atoms. The highest BCUT2D eigenvalue weighted by molar-refractivity contribution is 7.89. The van der Waals surface area contributed by atoms with Crippen LogP contribution in [0, 0.1) is 0 Å². The van der Waals surface area contributed by atoms with Crippen molar-refractivity contribution in [2.75, 3.05) is 0 Å². The van der Waals surface area contributed by atoms with E-state index in [2.05, 4.69) is 35.7 Å². The number of nitrogens with zero attached hydrogens (tertiary/aromatic N) is 2. The standard InChI is InChI=1S/C16H19N3O2S/c1-16(2,3)14-6-8-15(9-7-14)22(20,21)19-18-12-13-5-4-10-17-11-13/h4-12,19H,1-3H3/b18-12-. The number of sulfonamides is 1. The summed E-state index contributed by atoms with van der Waals surface area (Å²) in [6.45, 7) is 6.23. The van der Waals surface area contributed by atoms with E-state index >= 15 is 0 Å². The Morgan fingerprint density at radius 1 is 1.14 bits per heavy atom. The first-order valence-corrected chi connectivity index (χ1v) is 8.33. The summed E-state index contributed by atoms with van der Waals surface area (Å²) in [5, 5.41) is 3.76. The molecule has 116 valence electrons. The number of hydrogen-bond acceptors (Lipinski definition) is 4. The van der Waals surface area contributed by atoms with Crippen molar-refractivity contribution >= 4 is 16.2 Å². The molecule has 5 nitrogen and oxygen atoms in total. The van der Waals surface area contributed by atoms with Crippen LogP contribution in [0.25, 0.3) is 0 Å². The number of hydrazone groups is 1. The fourth-order valence-corrected chi connectivity index (χ4v) is 2.60. The smallest absolute Gasteiger partial charge is 0.264 e. The van der Waals surface area contributed by atoms with Gasteiger partial charge in [-0.25, -0.2) is 4.83 Å². The molecule has 6 heteroatoms. The zero-order valence-corrected chi connectivity index (χ0v) is 13.6. The molecule has 22 heavy (non-hydrogen) atoms. The Labute approximate surface area is 131 Å². The van der Waals surface area contributed by atoms with Gasteiger partial charge < -0.3 is 0 Å². The van der Waals surface area contributed by atoms with Crippen LogP contribution < -0.4 is 4.83 Å². The van der Waals surface area contributed by atoms with E-state index < -0.39 is 10.0 Å². The summed E-state index contributed by atoms with van der Waals surface area (Å²) in [6.07, 6.45) is 4.64. The second-order valence-electron chi connectivity index (χ2n) is 5.91. The first kappa shape index (κ1) is 16.2. The van der Waals surface area contributed by atoms with Crippen LogP contribution in [0.4, 0.5) is 0 Å². The molecule has 0 fully saturated rings. The molecule has 1 heterocycles. The Morgan fingerprint density at radius 2 is 1.82 bits per heavy atom. The molecule has 1 aromatic carbocycles. The van der Waals surface area contributed by atoms with Gasteiger partial charge in [0.1, 0.15) is 0 Å². The molecule has 0 saturated heterocycles. The topological polar surface area (TPSA) is 71.4 Å². The van der Waals surface area contributed by atoms with Gasteiger partial charge in [0.2, 0.25) is 0 Å². The van der Waals surface area contributed by atoms with Crippen LogP contribution in [-0.4, -0.2) is 19.6 Å². The van der Waals surface area contributed by atoms with Crippen molar-refractivity contribution in [1.82, 2.24) is 9.82 Å². The van der Waals surface area contributed by atoms with Crippen molar-refractivity contribution in [3.8, 4) is 0 Å². The minimum atomic E-state index is -3.66. The van der Waals surface area contributed by atoms with Crippen LogP contribution in [0.5, 0.6) is 0 Å². The summed E-state index contributed by atoms with van der Waals surface area (Å²) in [5.41, 5.74) is 1.77. The Morgan fingerprint density at radius 3 is 2.36 bits per heavy atom. The van der Waals surface area contributed by atoms with Gasteiger partial charge in [-0.05, 0) is 29.2 Å². The van der Waals surface area contributed by atoms with Crippen LogP contribution in [0.1, 0.15) is 31.9 Å². The van der Waals surface area contributed by atoms with Gasteiger partial charge in [0.15, 0.2) is 0 Å². The number of aromatic nitrogens is 1. The highest BCUT2D eigenvalue weighted by atomic mass is 32.2. The van der Waals surface area contributed by atoms with Gasteiger partial charge in [-0.2, -0.15) is 13.5 Å². The maximum absolute atomic E-state index is 12.1. The van der Waals surface area contributed by atoms with Crippen molar-refractivity contribution in [3.63, 3.8) is 0 Å². The van der Waals surface area contributed by atoms with E-state index in [9.17, 15) is 8.42 Å². The van der Waals surface area contributed by atoms with Crippen molar-refractivity contribution in [3.05, 3.63) is 59.9 Å². The van der Waals surface area contributed by atoms with Crippen LogP contribution in [-0.2, 0) is 15.4 Å². The van der Waals surface area contributed by atoms with Crippen molar-refractivity contribution in [2.45, 2.75) is 31.1 Å². The second-order valence-corrected chi connectivity index (χ2v) is 7.57. The Kier molecular flexibility index (Phi) is 4.61. The van der Waals surface area contributed by atoms with Gasteiger partial charge in [-0.1, -0.05) is 39.0 Å². The SMILES string of the molecule is CC(C)(C)c1ccc(S(=O)(=O)N/N=C\c2cccnc2)cc1. The highest BCUT2D eigenvalue weighted by Crippen LogP contribution is 2.23. The molecule has 0 saturated carbocycles. The van der Waals surface area contributed by atoms with Crippen LogP contribution in [0.2, 0.25) is 0 Å². The zero-order chi connectivity index (χ0) is 16.2. The van der Waals surface area contributed by atoms with E-state index in [1.54, 1.807) is 36.7 Å². The predicted molar refractivity (Wildman–Crippen MR) is 87.3 cm³/mol. The summed E-state index contributed by atoms with van der Waals surface area (Å²) in [7, 11) is -3.66. The molecule has 1 N–H and O–H groups in total. The molecule has 0 aliphatic heterocycles. The molecule has 0 radical (unpaired) electrons. The third-order valence-electron chi connectivity index (χ3n) is 3.10. The molecule has 0 bridgehead atoms. The summed E-state index contributed by atoms with van der Waals surface area (Å²) in [4.78, 5) is 6.30. The molecule has 2 rings (SSSR count). The van der Waals surface area contributed by atoms with Crippen LogP contribution in [0.3, 0.4) is 0 Å². The lowest BCUT2D eigenvalue weighted by atomic mass is 9.87. The lowest BCUT2D eigenvalue weighted by Crippen LogP contribution is -2.19. The molecular weight excluding hydrogens is 298 g/mol. The van der Waals surface area contributed by atoms with E-state index in [1.165, 1.54) is 6.21 Å². The molecule has 0 unspecified atom stereocenters. The van der Waals surface area contributed by atoms with E-state index in [0.717, 1.165) is 5.56 Å². The second kappa shape index (κ2) is 6.27. The normalized spacial score (nSPS) is 12.5. The van der Waals surface area contributed by atoms with E-state index in [4.69, 9.17) is 0 Å². The number of pyridine rings is 1. The van der Waals surface area contributed by atoms with Gasteiger partial charge in [0, 0.05) is 18.0 Å². The molecular formula is C16H19N3O2S. The summed E-state index contributed by atoms with van der Waals surface area (Å²) in [5.74, 6) is 0. The van der Waals surface area contributed by atoms with Crippen LogP contribution >= 0.6 is 0 Å². The van der Waals surface area contributed by atoms with Gasteiger partial charge in [-0.3, -0.25) is 4.98 Å². The monoisotopic (exact) mass is 317 g/mol. The summed E-state index contributed by atoms with van der Waals surface area (Å²) >= 11 is 0. The molecule has 0 aliphatic rings. The van der Waals surface area contributed by atoms with E-state index in [1.807, 2.05) is 12.1 Å². The minimum Gasteiger partial charge on any atom is -0.264 e. The van der Waals surface area contributed by atoms with E-state index in [-0.39, 0.29) is 10.3 Å². The van der Waals surface area contributed by atoms with Gasteiger partial charge in [-0.15, -0.1) is 0 Å². The Balaban J connectivity index is 2.12. The third-order valence-corrected chi connectivity index (χ3v) is 4.34. The predicted octanol–water partition coefficient (Wildman–Crippen LogP) is 2.69. The molecule has 0 amide bonds. The molecule has 1 aromatic heterocycles. The maximum atomic E-state index is 12.1. The fourth-order valence-electron chi connectivity index (χ4n) is 1.81. The van der Waals surface area contributed by atoms with Gasteiger partial charge in [0.05, 0.1) is 11.1 Å². The Bertz CT molecular complexity index is 746. The highest BCUT2D eigenvalue weighted by Gasteiger charge is 2.16. The lowest BCUT2D eigenvalue weighted by molar-refractivity contribution is 0.580. The quantitative estimate of drug-likeness (QED) is 0.696. The average molecular weight is 317 g/mol. The zero-order valence-electron chi connectivity index (χ0n) is 12.8. The first-order valence-electron chi connectivity index (χ1n) is 6.84. The maximum Gasteiger partial charge on any atom is 0.276 e. The van der Waals surface area contributed by atoms with Crippen LogP contribution in [0.15, 0.2) is 58.8 Å². The van der Waals surface area contributed by atoms with Crippen molar-refractivity contribution < 1.29 is 8.42 Å². The number of hydrogen-bond donors (Lipinski definition) is 1. The molecule has 2 aromatic rings. The lowest BCUT2D eigenvalue weighted by Gasteiger charge is -2.19. The number of benzene rings is 1. The van der Waals surface area contributed by atoms with Gasteiger partial charge >= 0.3 is 0 Å². The van der Waals surface area contributed by atoms with E-state index in [0.29, 0.717) is 5.56 Å². The Hall–Kier alpha value is -2.21. The number of nitrogens with one attached hydrogen (secondary N) is 1. The summed E-state index contributed by atoms with van der Waals surface area (Å²) in [6, 6.07) is 10.3. The third kappa shape index (κ3) is 4.14. The number of rotatable bonds is 4. The van der Waals surface area contributed by atoms with Crippen molar-refractivity contribution in [2.24, 2.45) is 5.10 Å². The average Bonchev–Trinajstić information content (AvgIpc) is 2.47. The fraction of sp³-hybridized carbons (Fsp3) is 0.250. The van der Waals surface area contributed by atoms with Crippen molar-refractivity contribution in [1.29, 1.82) is 0 Å². The minimum absolute atomic E-state index is 0.0197.